The predicted octanol–water partition coefficient (Wildman–Crippen LogP) is 2.53. The molecule has 2 aromatic heterocycles. The Kier molecular flexibility index (Phi) is 4.25. The van der Waals surface area contributed by atoms with Crippen LogP contribution < -0.4 is 0 Å². The third-order valence-electron chi connectivity index (χ3n) is 2.61. The van der Waals surface area contributed by atoms with E-state index in [2.05, 4.69) is 10.1 Å². The van der Waals surface area contributed by atoms with Crippen LogP contribution in [-0.2, 0) is 22.3 Å². The first-order valence-corrected chi connectivity index (χ1v) is 6.13. The van der Waals surface area contributed by atoms with E-state index in [4.69, 9.17) is 4.74 Å². The van der Waals surface area contributed by atoms with E-state index in [1.54, 1.807) is 19.1 Å². The molecule has 21 heavy (non-hydrogen) atoms. The lowest BCUT2D eigenvalue weighted by atomic mass is 10.2. The van der Waals surface area contributed by atoms with Gasteiger partial charge in [0.15, 0.2) is 5.69 Å². The van der Waals surface area contributed by atoms with Crippen molar-refractivity contribution in [1.82, 2.24) is 14.8 Å². The summed E-state index contributed by atoms with van der Waals surface area (Å²) >= 11 is 0. The van der Waals surface area contributed by atoms with Crippen LogP contribution in [0.3, 0.4) is 0 Å². The van der Waals surface area contributed by atoms with Crippen LogP contribution in [0.25, 0.3) is 11.3 Å². The molecule has 2 heterocycles. The number of pyridine rings is 1. The Labute approximate surface area is 118 Å². The minimum Gasteiger partial charge on any atom is -0.465 e. The molecular weight excluding hydrogens is 287 g/mol. The molecule has 0 fully saturated rings. The molecule has 0 saturated carbocycles. The SMILES string of the molecule is CCOC(=O)Cn1nc(C(F)(F)F)cc1-c1cccnc1. The molecule has 0 N–H and O–H groups in total. The first-order chi connectivity index (χ1) is 9.91. The fourth-order valence-corrected chi connectivity index (χ4v) is 1.75. The summed E-state index contributed by atoms with van der Waals surface area (Å²) in [5.74, 6) is -0.653. The average Bonchev–Trinajstić information content (AvgIpc) is 2.84. The zero-order valence-electron chi connectivity index (χ0n) is 11.1. The van der Waals surface area contributed by atoms with Crippen molar-refractivity contribution in [2.24, 2.45) is 0 Å². The van der Waals surface area contributed by atoms with Crippen molar-refractivity contribution in [3.63, 3.8) is 0 Å². The minimum atomic E-state index is -4.59. The van der Waals surface area contributed by atoms with E-state index < -0.39 is 24.4 Å². The van der Waals surface area contributed by atoms with Gasteiger partial charge < -0.3 is 4.74 Å². The van der Waals surface area contributed by atoms with E-state index in [1.165, 1.54) is 12.4 Å². The number of hydrogen-bond acceptors (Lipinski definition) is 4. The molecule has 0 unspecified atom stereocenters. The van der Waals surface area contributed by atoms with E-state index in [-0.39, 0.29) is 12.3 Å². The van der Waals surface area contributed by atoms with Gasteiger partial charge in [-0.3, -0.25) is 14.5 Å². The quantitative estimate of drug-likeness (QED) is 0.814. The molecule has 8 heteroatoms. The van der Waals surface area contributed by atoms with Crippen molar-refractivity contribution in [2.45, 2.75) is 19.6 Å². The minimum absolute atomic E-state index is 0.147. The van der Waals surface area contributed by atoms with Crippen LogP contribution in [0.5, 0.6) is 0 Å². The largest absolute Gasteiger partial charge is 0.465 e. The van der Waals surface area contributed by atoms with Gasteiger partial charge in [0.05, 0.1) is 12.3 Å². The summed E-state index contributed by atoms with van der Waals surface area (Å²) < 4.78 is 44.0. The molecule has 0 amide bonds. The van der Waals surface area contributed by atoms with Crippen LogP contribution in [0.4, 0.5) is 13.2 Å². The maximum atomic E-state index is 12.8. The molecule has 2 aromatic rings. The lowest BCUT2D eigenvalue weighted by Crippen LogP contribution is -2.16. The summed E-state index contributed by atoms with van der Waals surface area (Å²) in [6.45, 7) is 1.37. The molecule has 0 bridgehead atoms. The second-order valence-corrected chi connectivity index (χ2v) is 4.12. The number of alkyl halides is 3. The highest BCUT2D eigenvalue weighted by Crippen LogP contribution is 2.31. The average molecular weight is 299 g/mol. The van der Waals surface area contributed by atoms with Gasteiger partial charge in [0, 0.05) is 18.0 Å². The number of carbonyl (C=O) groups is 1. The summed E-state index contributed by atoms with van der Waals surface area (Å²) in [7, 11) is 0. The Hall–Kier alpha value is -2.38. The van der Waals surface area contributed by atoms with Gasteiger partial charge in [-0.2, -0.15) is 18.3 Å². The van der Waals surface area contributed by atoms with E-state index in [9.17, 15) is 18.0 Å². The molecule has 0 spiro atoms. The molecular formula is C13H12F3N3O2. The number of rotatable bonds is 4. The van der Waals surface area contributed by atoms with Crippen LogP contribution in [0.1, 0.15) is 12.6 Å². The Morgan fingerprint density at radius 3 is 2.76 bits per heavy atom. The van der Waals surface area contributed by atoms with E-state index in [0.717, 1.165) is 10.7 Å². The predicted molar refractivity (Wildman–Crippen MR) is 67.1 cm³/mol. The molecule has 112 valence electrons. The highest BCUT2D eigenvalue weighted by molar-refractivity contribution is 5.70. The second-order valence-electron chi connectivity index (χ2n) is 4.12. The molecule has 0 aliphatic rings. The van der Waals surface area contributed by atoms with E-state index in [0.29, 0.717) is 5.56 Å². The van der Waals surface area contributed by atoms with Crippen molar-refractivity contribution < 1.29 is 22.7 Å². The summed E-state index contributed by atoms with van der Waals surface area (Å²) in [6, 6.07) is 4.06. The first kappa shape index (κ1) is 15.0. The highest BCUT2D eigenvalue weighted by atomic mass is 19.4. The molecule has 0 radical (unpaired) electrons. The molecule has 0 aliphatic heterocycles. The van der Waals surface area contributed by atoms with E-state index in [1.807, 2.05) is 0 Å². The summed E-state index contributed by atoms with van der Waals surface area (Å²) in [6.07, 6.45) is -1.68. The van der Waals surface area contributed by atoms with Gasteiger partial charge in [-0.15, -0.1) is 0 Å². The number of nitrogens with zero attached hydrogens (tertiary/aromatic N) is 3. The number of carbonyl (C=O) groups excluding carboxylic acids is 1. The monoisotopic (exact) mass is 299 g/mol. The number of ether oxygens (including phenoxy) is 1. The van der Waals surface area contributed by atoms with Crippen molar-refractivity contribution in [1.29, 1.82) is 0 Å². The Morgan fingerprint density at radius 1 is 1.43 bits per heavy atom. The summed E-state index contributed by atoms with van der Waals surface area (Å²) in [4.78, 5) is 15.3. The number of halogens is 3. The standard InChI is InChI=1S/C13H12F3N3O2/c1-2-21-12(20)8-19-10(9-4-3-5-17-7-9)6-11(18-19)13(14,15)16/h3-7H,2,8H2,1H3. The third kappa shape index (κ3) is 3.59. The van der Waals surface area contributed by atoms with Gasteiger partial charge in [0.2, 0.25) is 0 Å². The summed E-state index contributed by atoms with van der Waals surface area (Å²) in [5.41, 5.74) is -0.473. The fourth-order valence-electron chi connectivity index (χ4n) is 1.75. The number of hydrogen-bond donors (Lipinski definition) is 0. The lowest BCUT2D eigenvalue weighted by molar-refractivity contribution is -0.146. The van der Waals surface area contributed by atoms with Crippen LogP contribution in [0.15, 0.2) is 30.6 Å². The molecule has 0 atom stereocenters. The van der Waals surface area contributed by atoms with Gasteiger partial charge in [-0.25, -0.2) is 0 Å². The van der Waals surface area contributed by atoms with Crippen LogP contribution in [0, 0.1) is 0 Å². The fraction of sp³-hybridized carbons (Fsp3) is 0.308. The van der Waals surface area contributed by atoms with Gasteiger partial charge >= 0.3 is 12.1 Å². The van der Waals surface area contributed by atoms with Crippen molar-refractivity contribution in [3.05, 3.63) is 36.3 Å². The van der Waals surface area contributed by atoms with Crippen molar-refractivity contribution in [2.75, 3.05) is 6.61 Å². The number of esters is 1. The highest BCUT2D eigenvalue weighted by Gasteiger charge is 2.35. The maximum absolute atomic E-state index is 12.8. The molecule has 0 aromatic carbocycles. The van der Waals surface area contributed by atoms with Gasteiger partial charge in [0.25, 0.3) is 0 Å². The van der Waals surface area contributed by atoms with Gasteiger partial charge in [0.1, 0.15) is 6.54 Å². The molecule has 0 aliphatic carbocycles. The van der Waals surface area contributed by atoms with Crippen molar-refractivity contribution >= 4 is 5.97 Å². The van der Waals surface area contributed by atoms with E-state index >= 15 is 0 Å². The van der Waals surface area contributed by atoms with Crippen LogP contribution in [-0.4, -0.2) is 27.3 Å². The maximum Gasteiger partial charge on any atom is 0.435 e. The smallest absolute Gasteiger partial charge is 0.435 e. The van der Waals surface area contributed by atoms with Crippen LogP contribution in [0.2, 0.25) is 0 Å². The normalized spacial score (nSPS) is 11.4. The molecule has 5 nitrogen and oxygen atoms in total. The Bertz CT molecular complexity index is 623. The zero-order chi connectivity index (χ0) is 15.5. The summed E-state index contributed by atoms with van der Waals surface area (Å²) in [5, 5.41) is 3.44. The topological polar surface area (TPSA) is 57.0 Å². The van der Waals surface area contributed by atoms with Crippen LogP contribution >= 0.6 is 0 Å². The Balaban J connectivity index is 2.42. The number of aromatic nitrogens is 3. The molecule has 0 saturated heterocycles. The second kappa shape index (κ2) is 5.94. The zero-order valence-corrected chi connectivity index (χ0v) is 11.1. The van der Waals surface area contributed by atoms with Gasteiger partial charge in [-0.1, -0.05) is 0 Å². The lowest BCUT2D eigenvalue weighted by Gasteiger charge is -2.06. The molecule has 2 rings (SSSR count). The third-order valence-corrected chi connectivity index (χ3v) is 2.61. The van der Waals surface area contributed by atoms with Gasteiger partial charge in [-0.05, 0) is 25.1 Å². The Morgan fingerprint density at radius 2 is 2.19 bits per heavy atom. The van der Waals surface area contributed by atoms with Crippen molar-refractivity contribution in [3.8, 4) is 11.3 Å². The first-order valence-electron chi connectivity index (χ1n) is 6.13.